The van der Waals surface area contributed by atoms with Gasteiger partial charge in [-0.1, -0.05) is 11.6 Å². The van der Waals surface area contributed by atoms with E-state index in [1.54, 1.807) is 12.1 Å². The minimum Gasteiger partial charge on any atom is -0.496 e. The number of pyridine rings is 1. The fourth-order valence-corrected chi connectivity index (χ4v) is 3.01. The Bertz CT molecular complexity index is 1170. The first-order valence-electron chi connectivity index (χ1n) is 9.03. The number of alkyl halides is 3. The van der Waals surface area contributed by atoms with Crippen molar-refractivity contribution in [1.82, 2.24) is 14.8 Å². The summed E-state index contributed by atoms with van der Waals surface area (Å²) in [5, 5.41) is 6.74. The molecule has 170 valence electrons. The molecule has 0 atom stereocenters. The zero-order chi connectivity index (χ0) is 23.5. The maximum absolute atomic E-state index is 12.7. The zero-order valence-electron chi connectivity index (χ0n) is 17.2. The third-order valence-corrected chi connectivity index (χ3v) is 4.83. The van der Waals surface area contributed by atoms with Gasteiger partial charge >= 0.3 is 6.18 Å². The zero-order valence-corrected chi connectivity index (χ0v) is 17.9. The van der Waals surface area contributed by atoms with E-state index < -0.39 is 17.3 Å². The van der Waals surface area contributed by atoms with Crippen molar-refractivity contribution in [2.45, 2.75) is 12.7 Å². The van der Waals surface area contributed by atoms with E-state index in [1.165, 1.54) is 27.5 Å². The topological polar surface area (TPSA) is 87.5 Å². The van der Waals surface area contributed by atoms with Crippen molar-refractivity contribution in [2.24, 2.45) is 0 Å². The monoisotopic (exact) mass is 470 g/mol. The Hall–Kier alpha value is -3.47. The number of nitrogens with one attached hydrogen (secondary N) is 1. The Balaban J connectivity index is 1.86. The standard InChI is InChI=1S/C20H18ClF3N4O4/c1-30-14-7-16(32-3)15(31-2)6-11(14)8-25-13-10-27-28(19(29)18(13)21)17-5-4-12(9-26-17)20(22,23)24/h4-7,9-10,25H,8H2,1-3H3. The van der Waals surface area contributed by atoms with Crippen LogP contribution in [0.2, 0.25) is 5.02 Å². The minimum atomic E-state index is -4.54. The first-order valence-corrected chi connectivity index (χ1v) is 9.41. The number of methoxy groups -OCH3 is 3. The molecule has 0 unspecified atom stereocenters. The van der Waals surface area contributed by atoms with E-state index in [0.29, 0.717) is 29.0 Å². The highest BCUT2D eigenvalue weighted by Crippen LogP contribution is 2.35. The van der Waals surface area contributed by atoms with Crippen LogP contribution in [0.25, 0.3) is 5.82 Å². The van der Waals surface area contributed by atoms with Gasteiger partial charge in [0.1, 0.15) is 10.8 Å². The molecule has 2 aromatic heterocycles. The second kappa shape index (κ2) is 9.35. The number of ether oxygens (including phenoxy) is 3. The second-order valence-corrected chi connectivity index (χ2v) is 6.74. The summed E-state index contributed by atoms with van der Waals surface area (Å²) in [5.41, 5.74) is -0.780. The fourth-order valence-electron chi connectivity index (χ4n) is 2.82. The lowest BCUT2D eigenvalue weighted by atomic mass is 10.1. The predicted octanol–water partition coefficient (Wildman–Crippen LogP) is 3.94. The lowest BCUT2D eigenvalue weighted by molar-refractivity contribution is -0.137. The number of rotatable bonds is 7. The van der Waals surface area contributed by atoms with E-state index in [4.69, 9.17) is 25.8 Å². The molecule has 1 aromatic carbocycles. The van der Waals surface area contributed by atoms with Gasteiger partial charge in [0.2, 0.25) is 0 Å². The van der Waals surface area contributed by atoms with Gasteiger partial charge in [0, 0.05) is 24.4 Å². The summed E-state index contributed by atoms with van der Waals surface area (Å²) in [6, 6.07) is 5.21. The highest BCUT2D eigenvalue weighted by molar-refractivity contribution is 6.32. The molecule has 0 aliphatic carbocycles. The molecule has 32 heavy (non-hydrogen) atoms. The van der Waals surface area contributed by atoms with E-state index in [0.717, 1.165) is 16.8 Å². The SMILES string of the molecule is COc1cc(OC)c(OC)cc1CNc1cnn(-c2ccc(C(F)(F)F)cn2)c(=O)c1Cl. The van der Waals surface area contributed by atoms with Gasteiger partial charge in [-0.05, 0) is 18.2 Å². The van der Waals surface area contributed by atoms with Crippen LogP contribution in [0.3, 0.4) is 0 Å². The Morgan fingerprint density at radius 1 is 1.03 bits per heavy atom. The minimum absolute atomic E-state index is 0.0991. The normalized spacial score (nSPS) is 11.2. The van der Waals surface area contributed by atoms with Gasteiger partial charge in [-0.3, -0.25) is 4.79 Å². The van der Waals surface area contributed by atoms with Crippen LogP contribution < -0.4 is 25.1 Å². The number of hydrogen-bond donors (Lipinski definition) is 1. The van der Waals surface area contributed by atoms with Crippen molar-refractivity contribution in [1.29, 1.82) is 0 Å². The molecule has 0 radical (unpaired) electrons. The number of halogens is 4. The summed E-state index contributed by atoms with van der Waals surface area (Å²) >= 11 is 6.18. The Morgan fingerprint density at radius 3 is 2.25 bits per heavy atom. The summed E-state index contributed by atoms with van der Waals surface area (Å²) in [6.45, 7) is 0.201. The van der Waals surface area contributed by atoms with E-state index in [2.05, 4.69) is 15.4 Å². The molecular formula is C20H18ClF3N4O4. The van der Waals surface area contributed by atoms with Gasteiger partial charge in [-0.15, -0.1) is 0 Å². The molecule has 1 N–H and O–H groups in total. The number of nitrogens with zero attached hydrogens (tertiary/aromatic N) is 3. The average molecular weight is 471 g/mol. The molecule has 0 aliphatic heterocycles. The van der Waals surface area contributed by atoms with Crippen molar-refractivity contribution >= 4 is 17.3 Å². The summed E-state index contributed by atoms with van der Waals surface area (Å²) < 4.78 is 54.8. The number of hydrogen-bond acceptors (Lipinski definition) is 7. The van der Waals surface area contributed by atoms with E-state index in [-0.39, 0.29) is 23.1 Å². The largest absolute Gasteiger partial charge is 0.496 e. The van der Waals surface area contributed by atoms with Crippen LogP contribution in [0.15, 0.2) is 41.5 Å². The Kier molecular flexibility index (Phi) is 6.78. The van der Waals surface area contributed by atoms with Crippen LogP contribution in [-0.2, 0) is 12.7 Å². The molecule has 0 bridgehead atoms. The Labute approximate surface area is 185 Å². The summed E-state index contributed by atoms with van der Waals surface area (Å²) in [7, 11) is 4.50. The molecule has 0 aliphatic rings. The maximum atomic E-state index is 12.7. The smallest absolute Gasteiger partial charge is 0.417 e. The van der Waals surface area contributed by atoms with Gasteiger partial charge < -0.3 is 19.5 Å². The van der Waals surface area contributed by atoms with Gasteiger partial charge in [0.05, 0.1) is 38.8 Å². The van der Waals surface area contributed by atoms with Crippen LogP contribution in [0, 0.1) is 0 Å². The molecule has 0 saturated heterocycles. The van der Waals surface area contributed by atoms with Gasteiger partial charge in [0.15, 0.2) is 17.3 Å². The van der Waals surface area contributed by atoms with E-state index in [1.807, 2.05) is 0 Å². The van der Waals surface area contributed by atoms with Gasteiger partial charge in [-0.25, -0.2) is 4.98 Å². The fraction of sp³-hybridized carbons (Fsp3) is 0.250. The Morgan fingerprint density at radius 2 is 1.69 bits per heavy atom. The third-order valence-electron chi connectivity index (χ3n) is 4.47. The summed E-state index contributed by atoms with van der Waals surface area (Å²) in [5.74, 6) is 1.39. The quantitative estimate of drug-likeness (QED) is 0.559. The molecule has 0 saturated carbocycles. The third kappa shape index (κ3) is 4.72. The predicted molar refractivity (Wildman–Crippen MR) is 111 cm³/mol. The van der Waals surface area contributed by atoms with Crippen molar-refractivity contribution in [2.75, 3.05) is 26.6 Å². The highest BCUT2D eigenvalue weighted by atomic mass is 35.5. The van der Waals surface area contributed by atoms with Crippen molar-refractivity contribution < 1.29 is 27.4 Å². The molecule has 2 heterocycles. The van der Waals surface area contributed by atoms with Crippen LogP contribution in [0.1, 0.15) is 11.1 Å². The number of anilines is 1. The van der Waals surface area contributed by atoms with Crippen LogP contribution >= 0.6 is 11.6 Å². The number of benzene rings is 1. The second-order valence-electron chi connectivity index (χ2n) is 6.36. The maximum Gasteiger partial charge on any atom is 0.417 e. The lowest BCUT2D eigenvalue weighted by Crippen LogP contribution is -2.23. The molecule has 3 aromatic rings. The van der Waals surface area contributed by atoms with Gasteiger partial charge in [0.25, 0.3) is 5.56 Å². The first kappa shape index (κ1) is 23.2. The van der Waals surface area contributed by atoms with Gasteiger partial charge in [-0.2, -0.15) is 23.0 Å². The molecule has 12 heteroatoms. The van der Waals surface area contributed by atoms with Crippen molar-refractivity contribution in [3.8, 4) is 23.1 Å². The lowest BCUT2D eigenvalue weighted by Gasteiger charge is -2.15. The first-order chi connectivity index (χ1) is 15.2. The summed E-state index contributed by atoms with van der Waals surface area (Å²) in [6.07, 6.45) is -2.65. The van der Waals surface area contributed by atoms with Crippen LogP contribution in [0.4, 0.5) is 18.9 Å². The van der Waals surface area contributed by atoms with Crippen molar-refractivity contribution in [3.63, 3.8) is 0 Å². The number of aromatic nitrogens is 3. The molecular weight excluding hydrogens is 453 g/mol. The molecule has 0 amide bonds. The van der Waals surface area contributed by atoms with Crippen LogP contribution in [0.5, 0.6) is 17.2 Å². The van der Waals surface area contributed by atoms with Crippen molar-refractivity contribution in [3.05, 3.63) is 63.2 Å². The van der Waals surface area contributed by atoms with Crippen LogP contribution in [-0.4, -0.2) is 36.1 Å². The van der Waals surface area contributed by atoms with E-state index >= 15 is 0 Å². The molecule has 0 fully saturated rings. The molecule has 3 rings (SSSR count). The highest BCUT2D eigenvalue weighted by Gasteiger charge is 2.30. The van der Waals surface area contributed by atoms with E-state index in [9.17, 15) is 18.0 Å². The molecule has 0 spiro atoms. The molecule has 8 nitrogen and oxygen atoms in total. The average Bonchev–Trinajstić information content (AvgIpc) is 2.79. The summed E-state index contributed by atoms with van der Waals surface area (Å²) in [4.78, 5) is 16.3.